The molecule has 7 heteroatoms. The molecular formula is C19H21ClFNO3S. The second-order valence-electron chi connectivity index (χ2n) is 6.52. The van der Waals surface area contributed by atoms with E-state index in [0.29, 0.717) is 11.6 Å². The fourth-order valence-corrected chi connectivity index (χ4v) is 6.23. The molecule has 2 aromatic carbocycles. The molecule has 26 heavy (non-hydrogen) atoms. The maximum atomic E-state index is 13.3. The second-order valence-corrected chi connectivity index (χ2v) is 9.03. The largest absolute Gasteiger partial charge is 0.381 e. The minimum Gasteiger partial charge on any atom is -0.381 e. The lowest BCUT2D eigenvalue weighted by Gasteiger charge is -2.16. The van der Waals surface area contributed by atoms with Crippen LogP contribution >= 0.6 is 11.6 Å². The van der Waals surface area contributed by atoms with Gasteiger partial charge in [0.05, 0.1) is 16.8 Å². The highest BCUT2D eigenvalue weighted by Gasteiger charge is 2.70. The molecule has 1 saturated carbocycles. The standard InChI is InChI=1S/C19H21ClFNO3S/c1-2-25-12-19(11-22)17(13-3-7-15(21)8-4-13)18(19)26(23,24)16-9-5-14(20)6-10-16/h3-10,17-18H,2,11-12,22H2,1H3/t17-,18+,19-/m1/s1. The number of halogens is 2. The number of benzene rings is 2. The fraction of sp³-hybridized carbons (Fsp3) is 0.368. The highest BCUT2D eigenvalue weighted by Crippen LogP contribution is 2.63. The van der Waals surface area contributed by atoms with Crippen molar-refractivity contribution in [2.75, 3.05) is 19.8 Å². The highest BCUT2D eigenvalue weighted by atomic mass is 35.5. The lowest BCUT2D eigenvalue weighted by Crippen LogP contribution is -2.29. The first-order valence-electron chi connectivity index (χ1n) is 8.39. The monoisotopic (exact) mass is 397 g/mol. The predicted molar refractivity (Wildman–Crippen MR) is 99.5 cm³/mol. The van der Waals surface area contributed by atoms with Crippen molar-refractivity contribution in [3.05, 3.63) is 64.9 Å². The summed E-state index contributed by atoms with van der Waals surface area (Å²) >= 11 is 5.88. The van der Waals surface area contributed by atoms with Crippen LogP contribution in [0.5, 0.6) is 0 Å². The molecule has 0 radical (unpaired) electrons. The average molecular weight is 398 g/mol. The van der Waals surface area contributed by atoms with Crippen LogP contribution in [0.1, 0.15) is 18.4 Å². The van der Waals surface area contributed by atoms with Crippen LogP contribution < -0.4 is 5.73 Å². The summed E-state index contributed by atoms with van der Waals surface area (Å²) in [5, 5.41) is -0.257. The SMILES string of the molecule is CCOC[C@]1(CN)[C@H](c2ccc(F)cc2)[C@@H]1S(=O)(=O)c1ccc(Cl)cc1. The van der Waals surface area contributed by atoms with E-state index < -0.39 is 20.5 Å². The Morgan fingerprint density at radius 2 is 1.77 bits per heavy atom. The average Bonchev–Trinajstić information content (AvgIpc) is 3.31. The van der Waals surface area contributed by atoms with Gasteiger partial charge < -0.3 is 10.5 Å². The number of ether oxygens (including phenoxy) is 1. The van der Waals surface area contributed by atoms with E-state index in [1.165, 1.54) is 24.3 Å². The zero-order chi connectivity index (χ0) is 18.9. The first-order valence-corrected chi connectivity index (χ1v) is 10.3. The molecular weight excluding hydrogens is 377 g/mol. The van der Waals surface area contributed by atoms with Crippen molar-refractivity contribution in [1.82, 2.24) is 0 Å². The number of hydrogen-bond donors (Lipinski definition) is 1. The molecule has 0 bridgehead atoms. The maximum Gasteiger partial charge on any atom is 0.182 e. The van der Waals surface area contributed by atoms with Gasteiger partial charge in [-0.1, -0.05) is 23.7 Å². The number of nitrogens with two attached hydrogens (primary N) is 1. The number of hydrogen-bond acceptors (Lipinski definition) is 4. The van der Waals surface area contributed by atoms with Gasteiger partial charge >= 0.3 is 0 Å². The first-order chi connectivity index (χ1) is 12.4. The molecule has 0 aliphatic heterocycles. The molecule has 0 amide bonds. The summed E-state index contributed by atoms with van der Waals surface area (Å²) in [5.74, 6) is -0.713. The lowest BCUT2D eigenvalue weighted by atomic mass is 10.00. The third-order valence-electron chi connectivity index (χ3n) is 5.04. The van der Waals surface area contributed by atoms with E-state index in [0.717, 1.165) is 5.56 Å². The molecule has 2 aromatic rings. The fourth-order valence-electron chi connectivity index (χ4n) is 3.66. The van der Waals surface area contributed by atoms with Gasteiger partial charge in [-0.2, -0.15) is 0 Å². The normalized spacial score (nSPS) is 25.2. The van der Waals surface area contributed by atoms with Crippen LogP contribution in [0.2, 0.25) is 5.02 Å². The van der Waals surface area contributed by atoms with Gasteiger partial charge in [0.2, 0.25) is 0 Å². The molecule has 3 atom stereocenters. The Labute approximate surface area is 158 Å². The van der Waals surface area contributed by atoms with Gasteiger partial charge in [0.25, 0.3) is 0 Å². The molecule has 2 N–H and O–H groups in total. The van der Waals surface area contributed by atoms with Gasteiger partial charge in [-0.3, -0.25) is 0 Å². The van der Waals surface area contributed by atoms with E-state index in [2.05, 4.69) is 0 Å². The third kappa shape index (κ3) is 3.27. The first kappa shape index (κ1) is 19.3. The van der Waals surface area contributed by atoms with Crippen molar-refractivity contribution in [3.8, 4) is 0 Å². The molecule has 4 nitrogen and oxygen atoms in total. The Morgan fingerprint density at radius 3 is 2.31 bits per heavy atom. The second kappa shape index (κ2) is 7.27. The third-order valence-corrected chi connectivity index (χ3v) is 7.63. The molecule has 140 valence electrons. The lowest BCUT2D eigenvalue weighted by molar-refractivity contribution is 0.101. The predicted octanol–water partition coefficient (Wildman–Crippen LogP) is 3.40. The molecule has 0 aromatic heterocycles. The summed E-state index contributed by atoms with van der Waals surface area (Å²) in [6.07, 6.45) is 0. The summed E-state index contributed by atoms with van der Waals surface area (Å²) in [6.45, 7) is 2.71. The van der Waals surface area contributed by atoms with E-state index >= 15 is 0 Å². The van der Waals surface area contributed by atoms with Crippen LogP contribution in [0.3, 0.4) is 0 Å². The molecule has 0 unspecified atom stereocenters. The van der Waals surface area contributed by atoms with Gasteiger partial charge in [0.15, 0.2) is 9.84 Å². The van der Waals surface area contributed by atoms with Crippen LogP contribution in [-0.4, -0.2) is 33.4 Å². The topological polar surface area (TPSA) is 69.4 Å². The van der Waals surface area contributed by atoms with Crippen molar-refractivity contribution < 1.29 is 17.5 Å². The summed E-state index contributed by atoms with van der Waals surface area (Å²) in [4.78, 5) is 0.200. The summed E-state index contributed by atoms with van der Waals surface area (Å²) in [5.41, 5.74) is 6.04. The van der Waals surface area contributed by atoms with Crippen LogP contribution in [0.4, 0.5) is 4.39 Å². The molecule has 0 heterocycles. The van der Waals surface area contributed by atoms with Gasteiger partial charge in [-0.25, -0.2) is 12.8 Å². The molecule has 1 aliphatic carbocycles. The van der Waals surface area contributed by atoms with Crippen LogP contribution in [0.15, 0.2) is 53.4 Å². The zero-order valence-corrected chi connectivity index (χ0v) is 15.9. The minimum absolute atomic E-state index is 0.159. The summed E-state index contributed by atoms with van der Waals surface area (Å²) in [7, 11) is -3.65. The quantitative estimate of drug-likeness (QED) is 0.777. The van der Waals surface area contributed by atoms with Gasteiger partial charge in [0.1, 0.15) is 5.82 Å². The highest BCUT2D eigenvalue weighted by molar-refractivity contribution is 7.92. The summed E-state index contributed by atoms with van der Waals surface area (Å²) < 4.78 is 45.4. The van der Waals surface area contributed by atoms with Crippen molar-refractivity contribution >= 4 is 21.4 Å². The smallest absolute Gasteiger partial charge is 0.182 e. The van der Waals surface area contributed by atoms with E-state index in [4.69, 9.17) is 22.1 Å². The van der Waals surface area contributed by atoms with Gasteiger partial charge in [-0.15, -0.1) is 0 Å². The van der Waals surface area contributed by atoms with Crippen molar-refractivity contribution in [2.24, 2.45) is 11.1 Å². The number of rotatable bonds is 7. The van der Waals surface area contributed by atoms with Crippen molar-refractivity contribution in [3.63, 3.8) is 0 Å². The minimum atomic E-state index is -3.65. The number of sulfone groups is 1. The molecule has 0 saturated heterocycles. The molecule has 3 rings (SSSR count). The van der Waals surface area contributed by atoms with Crippen molar-refractivity contribution in [2.45, 2.75) is 23.0 Å². The Kier molecular flexibility index (Phi) is 5.40. The Bertz CT molecular complexity index is 871. The van der Waals surface area contributed by atoms with Gasteiger partial charge in [0, 0.05) is 29.5 Å². The van der Waals surface area contributed by atoms with Gasteiger partial charge in [-0.05, 0) is 48.9 Å². The van der Waals surface area contributed by atoms with E-state index in [1.807, 2.05) is 6.92 Å². The maximum absolute atomic E-state index is 13.3. The van der Waals surface area contributed by atoms with Crippen LogP contribution in [0, 0.1) is 11.2 Å². The van der Waals surface area contributed by atoms with Crippen LogP contribution in [-0.2, 0) is 14.6 Å². The summed E-state index contributed by atoms with van der Waals surface area (Å²) in [6, 6.07) is 12.0. The molecule has 0 spiro atoms. The Balaban J connectivity index is 2.03. The Morgan fingerprint density at radius 1 is 1.15 bits per heavy atom. The zero-order valence-electron chi connectivity index (χ0n) is 14.4. The molecule has 1 aliphatic rings. The van der Waals surface area contributed by atoms with E-state index in [-0.39, 0.29) is 29.8 Å². The Hall–Kier alpha value is -1.47. The molecule has 1 fully saturated rings. The van der Waals surface area contributed by atoms with E-state index in [9.17, 15) is 12.8 Å². The van der Waals surface area contributed by atoms with Crippen LogP contribution in [0.25, 0.3) is 0 Å². The van der Waals surface area contributed by atoms with E-state index in [1.54, 1.807) is 24.3 Å². The van der Waals surface area contributed by atoms with Crippen molar-refractivity contribution in [1.29, 1.82) is 0 Å².